The molecule has 0 saturated heterocycles. The summed E-state index contributed by atoms with van der Waals surface area (Å²) in [6.45, 7) is 4.20. The number of benzene rings is 2. The van der Waals surface area contributed by atoms with Crippen molar-refractivity contribution in [1.82, 2.24) is 4.57 Å². The van der Waals surface area contributed by atoms with Gasteiger partial charge < -0.3 is 18.8 Å². The van der Waals surface area contributed by atoms with Gasteiger partial charge in [-0.3, -0.25) is 0 Å². The fourth-order valence-electron chi connectivity index (χ4n) is 3.47. The zero-order valence-corrected chi connectivity index (χ0v) is 15.6. The summed E-state index contributed by atoms with van der Waals surface area (Å²) in [7, 11) is 0. The zero-order valence-electron chi connectivity index (χ0n) is 15.6. The van der Waals surface area contributed by atoms with E-state index in [9.17, 15) is 9.59 Å². The third kappa shape index (κ3) is 3.39. The van der Waals surface area contributed by atoms with Gasteiger partial charge in [-0.2, -0.15) is 0 Å². The predicted molar refractivity (Wildman–Crippen MR) is 104 cm³/mol. The largest absolute Gasteiger partial charge is 0.493 e. The van der Waals surface area contributed by atoms with Crippen LogP contribution in [0.15, 0.2) is 48.5 Å². The minimum atomic E-state index is -0.587. The molecule has 0 aliphatic carbocycles. The molecule has 1 aliphatic rings. The number of hydrogen-bond donors (Lipinski definition) is 0. The van der Waals surface area contributed by atoms with Gasteiger partial charge in [0.15, 0.2) is 0 Å². The van der Waals surface area contributed by atoms with Gasteiger partial charge in [-0.15, -0.1) is 0 Å². The van der Waals surface area contributed by atoms with Gasteiger partial charge >= 0.3 is 11.9 Å². The lowest BCUT2D eigenvalue weighted by Crippen LogP contribution is -2.07. The quantitative estimate of drug-likeness (QED) is 0.337. The van der Waals surface area contributed by atoms with Crippen molar-refractivity contribution in [2.75, 3.05) is 13.2 Å². The second-order valence-corrected chi connectivity index (χ2v) is 6.56. The molecule has 1 aliphatic heterocycles. The minimum absolute atomic E-state index is 0.328. The van der Waals surface area contributed by atoms with Crippen molar-refractivity contribution in [2.45, 2.75) is 26.5 Å². The fourth-order valence-corrected chi connectivity index (χ4v) is 3.47. The molecule has 0 bridgehead atoms. The van der Waals surface area contributed by atoms with Crippen molar-refractivity contribution < 1.29 is 23.8 Å². The Morgan fingerprint density at radius 1 is 1.00 bits per heavy atom. The highest BCUT2D eigenvalue weighted by Gasteiger charge is 2.36. The molecular weight excluding hydrogens is 358 g/mol. The lowest BCUT2D eigenvalue weighted by Gasteiger charge is -2.09. The number of nitrogens with zero attached hydrogens (tertiary/aromatic N) is 1. The van der Waals surface area contributed by atoms with E-state index in [2.05, 4.69) is 0 Å². The average molecular weight is 379 g/mol. The average Bonchev–Trinajstić information content (AvgIpc) is 3.19. The summed E-state index contributed by atoms with van der Waals surface area (Å²) in [4.78, 5) is 24.0. The van der Waals surface area contributed by atoms with Gasteiger partial charge in [0, 0.05) is 24.4 Å². The molecule has 0 radical (unpaired) electrons. The van der Waals surface area contributed by atoms with Crippen LogP contribution in [0.25, 0.3) is 10.9 Å². The first kappa shape index (κ1) is 18.3. The van der Waals surface area contributed by atoms with E-state index in [-0.39, 0.29) is 0 Å². The normalized spacial score (nSPS) is 13.0. The standard InChI is InChI=1S/C22H21NO5/c1-2-23-18-13-16(9-10-17(18)19-20(23)22(25)28-21(19)24)27-12-6-11-26-14-15-7-4-3-5-8-15/h3-5,7-10,13H,2,6,11-12,14H2,1H3. The first-order valence-corrected chi connectivity index (χ1v) is 9.36. The first-order valence-electron chi connectivity index (χ1n) is 9.36. The molecule has 2 heterocycles. The molecule has 3 aromatic rings. The van der Waals surface area contributed by atoms with Crippen LogP contribution >= 0.6 is 0 Å². The molecule has 0 atom stereocenters. The van der Waals surface area contributed by atoms with Crippen molar-refractivity contribution in [3.05, 3.63) is 65.4 Å². The molecular formula is C22H21NO5. The fraction of sp³-hybridized carbons (Fsp3) is 0.273. The maximum atomic E-state index is 12.0. The Labute approximate surface area is 162 Å². The number of ether oxygens (including phenoxy) is 3. The molecule has 28 heavy (non-hydrogen) atoms. The van der Waals surface area contributed by atoms with Crippen molar-refractivity contribution in [3.63, 3.8) is 0 Å². The molecule has 0 spiro atoms. The highest BCUT2D eigenvalue weighted by Crippen LogP contribution is 2.34. The molecule has 0 amide bonds. The van der Waals surface area contributed by atoms with Gasteiger partial charge in [-0.1, -0.05) is 30.3 Å². The van der Waals surface area contributed by atoms with Crippen LogP contribution in [0, 0.1) is 0 Å². The number of aromatic nitrogens is 1. The second kappa shape index (κ2) is 7.86. The van der Waals surface area contributed by atoms with Gasteiger partial charge in [0.05, 0.1) is 25.3 Å². The van der Waals surface area contributed by atoms with Gasteiger partial charge in [-0.05, 0) is 24.6 Å². The van der Waals surface area contributed by atoms with Crippen LogP contribution in [-0.2, 0) is 22.6 Å². The van der Waals surface area contributed by atoms with E-state index in [1.165, 1.54) is 0 Å². The molecule has 0 saturated carbocycles. The molecule has 4 rings (SSSR count). The van der Waals surface area contributed by atoms with Crippen LogP contribution in [-0.4, -0.2) is 29.7 Å². The van der Waals surface area contributed by atoms with E-state index in [1.807, 2.05) is 49.4 Å². The van der Waals surface area contributed by atoms with E-state index in [0.717, 1.165) is 17.5 Å². The Morgan fingerprint density at radius 2 is 1.82 bits per heavy atom. The van der Waals surface area contributed by atoms with Gasteiger partial charge in [0.1, 0.15) is 17.0 Å². The summed E-state index contributed by atoms with van der Waals surface area (Å²) >= 11 is 0. The highest BCUT2D eigenvalue weighted by molar-refractivity contribution is 6.21. The predicted octanol–water partition coefficient (Wildman–Crippen LogP) is 3.96. The van der Waals surface area contributed by atoms with Crippen LogP contribution < -0.4 is 4.74 Å². The Morgan fingerprint density at radius 3 is 2.61 bits per heavy atom. The number of fused-ring (bicyclic) bond motifs is 3. The number of hydrogen-bond acceptors (Lipinski definition) is 5. The molecule has 0 unspecified atom stereocenters. The van der Waals surface area contributed by atoms with Crippen LogP contribution in [0.4, 0.5) is 0 Å². The van der Waals surface area contributed by atoms with Gasteiger partial charge in [-0.25, -0.2) is 9.59 Å². The maximum Gasteiger partial charge on any atom is 0.363 e. The minimum Gasteiger partial charge on any atom is -0.493 e. The monoisotopic (exact) mass is 379 g/mol. The van der Waals surface area contributed by atoms with E-state index >= 15 is 0 Å². The molecule has 1 aromatic heterocycles. The Hall–Kier alpha value is -3.12. The van der Waals surface area contributed by atoms with E-state index in [0.29, 0.717) is 48.8 Å². The topological polar surface area (TPSA) is 66.8 Å². The summed E-state index contributed by atoms with van der Waals surface area (Å²) in [6, 6.07) is 15.5. The van der Waals surface area contributed by atoms with Gasteiger partial charge in [0.25, 0.3) is 0 Å². The summed E-state index contributed by atoms with van der Waals surface area (Å²) in [5.74, 6) is -0.472. The van der Waals surface area contributed by atoms with Crippen molar-refractivity contribution in [2.24, 2.45) is 0 Å². The molecule has 2 aromatic carbocycles. The second-order valence-electron chi connectivity index (χ2n) is 6.56. The number of carbonyl (C=O) groups excluding carboxylic acids is 2. The van der Waals surface area contributed by atoms with E-state index in [4.69, 9.17) is 14.2 Å². The zero-order chi connectivity index (χ0) is 19.5. The van der Waals surface area contributed by atoms with Crippen molar-refractivity contribution >= 4 is 22.8 Å². The van der Waals surface area contributed by atoms with Crippen LogP contribution in [0.3, 0.4) is 0 Å². The number of aryl methyl sites for hydroxylation is 1. The molecule has 6 nitrogen and oxygen atoms in total. The smallest absolute Gasteiger partial charge is 0.363 e. The number of rotatable bonds is 8. The maximum absolute atomic E-state index is 12.0. The van der Waals surface area contributed by atoms with Crippen LogP contribution in [0.1, 0.15) is 39.8 Å². The van der Waals surface area contributed by atoms with Crippen LogP contribution in [0.5, 0.6) is 5.75 Å². The highest BCUT2D eigenvalue weighted by atomic mass is 16.6. The summed E-state index contributed by atoms with van der Waals surface area (Å²) in [6.07, 6.45) is 0.765. The Balaban J connectivity index is 1.37. The third-order valence-corrected chi connectivity index (χ3v) is 4.75. The first-order chi connectivity index (χ1) is 13.7. The molecule has 6 heteroatoms. The number of carbonyl (C=O) groups is 2. The van der Waals surface area contributed by atoms with Crippen LogP contribution in [0.2, 0.25) is 0 Å². The third-order valence-electron chi connectivity index (χ3n) is 4.75. The number of esters is 2. The lowest BCUT2D eigenvalue weighted by molar-refractivity contribution is 0.0439. The lowest BCUT2D eigenvalue weighted by atomic mass is 10.1. The number of cyclic esters (lactones) is 2. The summed E-state index contributed by atoms with van der Waals surface area (Å²) in [5, 5.41) is 0.714. The van der Waals surface area contributed by atoms with E-state index in [1.54, 1.807) is 10.6 Å². The molecule has 0 N–H and O–H groups in total. The van der Waals surface area contributed by atoms with Gasteiger partial charge in [0.2, 0.25) is 0 Å². The van der Waals surface area contributed by atoms with Crippen molar-refractivity contribution in [3.8, 4) is 5.75 Å². The molecule has 0 fully saturated rings. The van der Waals surface area contributed by atoms with E-state index < -0.39 is 11.9 Å². The SMILES string of the molecule is CCn1c2c(c3ccc(OCCCOCc4ccccc4)cc31)C(=O)OC2=O. The Bertz CT molecular complexity index is 1020. The summed E-state index contributed by atoms with van der Waals surface area (Å²) < 4.78 is 18.0. The summed E-state index contributed by atoms with van der Waals surface area (Å²) in [5.41, 5.74) is 2.63. The molecule has 144 valence electrons. The Kier molecular flexibility index (Phi) is 5.12. The van der Waals surface area contributed by atoms with Crippen molar-refractivity contribution in [1.29, 1.82) is 0 Å².